The van der Waals surface area contributed by atoms with Gasteiger partial charge in [0.2, 0.25) is 6.54 Å². The number of nitro groups is 1. The van der Waals surface area contributed by atoms with Crippen molar-refractivity contribution < 1.29 is 14.5 Å². The Morgan fingerprint density at radius 2 is 1.11 bits per heavy atom. The molecule has 0 heterocycles. The highest BCUT2D eigenvalue weighted by Gasteiger charge is 2.60. The SMILES string of the molecule is COC(=O)[C@H]([C@H](C[N+](=O)[O-])c1ccccc1)[P+](c1ccccc1)(c1ccccc1)c1ccccc1. The molecule has 4 aromatic rings. The Morgan fingerprint density at radius 3 is 1.46 bits per heavy atom. The first kappa shape index (κ1) is 24.3. The van der Waals surface area contributed by atoms with Gasteiger partial charge in [0.05, 0.1) is 13.0 Å². The predicted molar refractivity (Wildman–Crippen MR) is 142 cm³/mol. The van der Waals surface area contributed by atoms with E-state index >= 15 is 0 Å². The van der Waals surface area contributed by atoms with Crippen LogP contribution in [0.1, 0.15) is 11.5 Å². The second-order valence-corrected chi connectivity index (χ2v) is 11.8. The third-order valence-corrected chi connectivity index (χ3v) is 11.0. The van der Waals surface area contributed by atoms with Crippen molar-refractivity contribution in [3.63, 3.8) is 0 Å². The van der Waals surface area contributed by atoms with Gasteiger partial charge in [0, 0.05) is 4.92 Å². The Balaban J connectivity index is 2.14. The van der Waals surface area contributed by atoms with Crippen LogP contribution in [0, 0.1) is 10.1 Å². The van der Waals surface area contributed by atoms with Crippen LogP contribution in [0.15, 0.2) is 121 Å². The van der Waals surface area contributed by atoms with E-state index in [9.17, 15) is 14.9 Å². The Labute approximate surface area is 205 Å². The average Bonchev–Trinajstić information content (AvgIpc) is 2.92. The highest BCUT2D eigenvalue weighted by atomic mass is 31.2. The van der Waals surface area contributed by atoms with Crippen molar-refractivity contribution >= 4 is 29.1 Å². The summed E-state index contributed by atoms with van der Waals surface area (Å²) in [6, 6.07) is 39.0. The molecule has 0 amide bonds. The molecule has 0 fully saturated rings. The van der Waals surface area contributed by atoms with Crippen LogP contribution in [0.4, 0.5) is 0 Å². The van der Waals surface area contributed by atoms with Gasteiger partial charge in [-0.25, -0.2) is 4.79 Å². The number of methoxy groups -OCH3 is 1. The van der Waals surface area contributed by atoms with Crippen molar-refractivity contribution in [1.82, 2.24) is 0 Å². The van der Waals surface area contributed by atoms with Gasteiger partial charge in [0.15, 0.2) is 5.66 Å². The molecule has 0 saturated heterocycles. The first-order chi connectivity index (χ1) is 17.1. The average molecular weight is 485 g/mol. The molecule has 0 aromatic heterocycles. The first-order valence-electron chi connectivity index (χ1n) is 11.4. The largest absolute Gasteiger partial charge is 0.466 e. The lowest BCUT2D eigenvalue weighted by atomic mass is 9.95. The fraction of sp³-hybridized carbons (Fsp3) is 0.138. The van der Waals surface area contributed by atoms with Gasteiger partial charge in [-0.05, 0) is 42.0 Å². The van der Waals surface area contributed by atoms with Gasteiger partial charge in [0.1, 0.15) is 23.2 Å². The summed E-state index contributed by atoms with van der Waals surface area (Å²) in [7, 11) is -1.43. The lowest BCUT2D eigenvalue weighted by molar-refractivity contribution is -0.483. The quantitative estimate of drug-likeness (QED) is 0.151. The third kappa shape index (κ3) is 4.87. The summed E-state index contributed by atoms with van der Waals surface area (Å²) in [6.45, 7) is -0.391. The van der Waals surface area contributed by atoms with E-state index in [0.29, 0.717) is 0 Å². The molecule has 0 spiro atoms. The fourth-order valence-corrected chi connectivity index (χ4v) is 9.89. The number of benzene rings is 4. The van der Waals surface area contributed by atoms with E-state index in [1.54, 1.807) is 0 Å². The number of carbonyl (C=O) groups is 1. The molecule has 0 bridgehead atoms. The molecule has 0 aliphatic carbocycles. The smallest absolute Gasteiger partial charge is 0.348 e. The summed E-state index contributed by atoms with van der Waals surface area (Å²) in [6.07, 6.45) is 0. The maximum atomic E-state index is 13.9. The Morgan fingerprint density at radius 1 is 0.743 bits per heavy atom. The van der Waals surface area contributed by atoms with E-state index in [2.05, 4.69) is 0 Å². The van der Waals surface area contributed by atoms with Gasteiger partial charge < -0.3 is 4.74 Å². The predicted octanol–water partition coefficient (Wildman–Crippen LogP) is 4.58. The van der Waals surface area contributed by atoms with Crippen molar-refractivity contribution in [2.75, 3.05) is 13.7 Å². The summed E-state index contributed by atoms with van der Waals surface area (Å²) >= 11 is 0. The number of hydrogen-bond acceptors (Lipinski definition) is 4. The molecule has 2 atom stereocenters. The third-order valence-electron chi connectivity index (χ3n) is 6.30. The molecular formula is C29H27NO4P+. The van der Waals surface area contributed by atoms with Gasteiger partial charge >= 0.3 is 5.97 Å². The molecular weight excluding hydrogens is 457 g/mol. The lowest BCUT2D eigenvalue weighted by Gasteiger charge is -2.36. The summed E-state index contributed by atoms with van der Waals surface area (Å²) in [5, 5.41) is 14.9. The van der Waals surface area contributed by atoms with Crippen molar-refractivity contribution in [3.8, 4) is 0 Å². The van der Waals surface area contributed by atoms with E-state index in [1.807, 2.05) is 121 Å². The Bertz CT molecular complexity index is 1150. The van der Waals surface area contributed by atoms with Crippen molar-refractivity contribution in [2.24, 2.45) is 0 Å². The van der Waals surface area contributed by atoms with E-state index in [0.717, 1.165) is 21.5 Å². The number of rotatable bonds is 9. The van der Waals surface area contributed by atoms with Gasteiger partial charge in [-0.2, -0.15) is 0 Å². The minimum atomic E-state index is -2.79. The molecule has 0 N–H and O–H groups in total. The normalized spacial score (nSPS) is 12.9. The zero-order valence-corrected chi connectivity index (χ0v) is 20.3. The number of esters is 1. The molecule has 0 saturated carbocycles. The van der Waals surface area contributed by atoms with Crippen LogP contribution in [0.5, 0.6) is 0 Å². The van der Waals surface area contributed by atoms with Gasteiger partial charge in [-0.15, -0.1) is 0 Å². The summed E-state index contributed by atoms with van der Waals surface area (Å²) < 4.78 is 5.43. The molecule has 5 nitrogen and oxygen atoms in total. The molecule has 6 heteroatoms. The molecule has 4 rings (SSSR count). The van der Waals surface area contributed by atoms with Crippen LogP contribution in [-0.2, 0) is 9.53 Å². The van der Waals surface area contributed by atoms with E-state index in [4.69, 9.17) is 4.74 Å². The zero-order chi connectivity index (χ0) is 24.7. The number of nitrogens with zero attached hydrogens (tertiary/aromatic N) is 1. The minimum absolute atomic E-state index is 0.330. The second-order valence-electron chi connectivity index (χ2n) is 8.23. The van der Waals surface area contributed by atoms with Crippen molar-refractivity contribution in [2.45, 2.75) is 11.6 Å². The summed E-state index contributed by atoms with van der Waals surface area (Å²) in [5.41, 5.74) is -0.0701. The molecule has 0 aliphatic rings. The maximum Gasteiger partial charge on any atom is 0.348 e. The van der Waals surface area contributed by atoms with Gasteiger partial charge in [-0.3, -0.25) is 10.1 Å². The summed E-state index contributed by atoms with van der Waals surface area (Å²) in [5.74, 6) is -1.15. The zero-order valence-electron chi connectivity index (χ0n) is 19.4. The van der Waals surface area contributed by atoms with Gasteiger partial charge in [-0.1, -0.05) is 84.9 Å². The molecule has 35 heavy (non-hydrogen) atoms. The fourth-order valence-electron chi connectivity index (χ4n) is 4.88. The number of ether oxygens (including phenoxy) is 1. The molecule has 4 aromatic carbocycles. The first-order valence-corrected chi connectivity index (χ1v) is 13.2. The van der Waals surface area contributed by atoms with Crippen LogP contribution >= 0.6 is 7.26 Å². The lowest BCUT2D eigenvalue weighted by Crippen LogP contribution is -2.47. The Kier molecular flexibility index (Phi) is 7.69. The standard InChI is InChI=1S/C29H27NO4P/c1-34-29(31)28(27(22-30(32)33)23-14-6-2-7-15-23)35(24-16-8-3-9-17-24,25-18-10-4-11-19-25)26-20-12-5-13-21-26/h2-21,27-28H,22H2,1H3/q+1/t27-,28+/m1/s1. The number of hydrogen-bond donors (Lipinski definition) is 0. The second kappa shape index (κ2) is 11.1. The molecule has 0 aliphatic heterocycles. The van der Waals surface area contributed by atoms with Crippen LogP contribution in [0.25, 0.3) is 0 Å². The molecule has 0 unspecified atom stereocenters. The summed E-state index contributed by atoms with van der Waals surface area (Å²) in [4.78, 5) is 25.5. The van der Waals surface area contributed by atoms with Crippen LogP contribution in [0.3, 0.4) is 0 Å². The monoisotopic (exact) mass is 484 g/mol. The highest BCUT2D eigenvalue weighted by molar-refractivity contribution is 7.96. The van der Waals surface area contributed by atoms with Crippen molar-refractivity contribution in [3.05, 3.63) is 137 Å². The van der Waals surface area contributed by atoms with E-state index < -0.39 is 31.4 Å². The molecule has 0 radical (unpaired) electrons. The highest BCUT2D eigenvalue weighted by Crippen LogP contribution is 2.63. The Hall–Kier alpha value is -3.82. The molecule has 176 valence electrons. The van der Waals surface area contributed by atoms with Gasteiger partial charge in [0.25, 0.3) is 0 Å². The van der Waals surface area contributed by atoms with Crippen LogP contribution in [0.2, 0.25) is 0 Å². The minimum Gasteiger partial charge on any atom is -0.466 e. The van der Waals surface area contributed by atoms with Crippen LogP contribution < -0.4 is 15.9 Å². The van der Waals surface area contributed by atoms with Crippen molar-refractivity contribution in [1.29, 1.82) is 0 Å². The van der Waals surface area contributed by atoms with Crippen LogP contribution in [-0.4, -0.2) is 30.2 Å². The topological polar surface area (TPSA) is 69.4 Å². The van der Waals surface area contributed by atoms with E-state index in [-0.39, 0.29) is 4.92 Å². The van der Waals surface area contributed by atoms with E-state index in [1.165, 1.54) is 7.11 Å². The maximum absolute atomic E-state index is 13.9. The number of carbonyl (C=O) groups excluding carboxylic acids is 1.